The molecular weight excluding hydrogens is 326 g/mol. The first-order valence-corrected chi connectivity index (χ1v) is 7.09. The van der Waals surface area contributed by atoms with E-state index in [-0.39, 0.29) is 17.6 Å². The Hall–Kier alpha value is -3.88. The van der Waals surface area contributed by atoms with Gasteiger partial charge in [0.2, 0.25) is 0 Å². The maximum absolute atomic E-state index is 11.9. The Morgan fingerprint density at radius 2 is 2.00 bits per heavy atom. The molecule has 2 aromatic heterocycles. The molecule has 25 heavy (non-hydrogen) atoms. The van der Waals surface area contributed by atoms with Crippen molar-refractivity contribution < 1.29 is 14.1 Å². The number of nitrogens with one attached hydrogen (secondary N) is 1. The van der Waals surface area contributed by atoms with E-state index in [1.807, 2.05) is 0 Å². The quantitative estimate of drug-likeness (QED) is 0.431. The number of nitrogens with zero attached hydrogens (tertiary/aromatic N) is 4. The summed E-state index contributed by atoms with van der Waals surface area (Å²) >= 11 is 0. The molecule has 0 saturated carbocycles. The molecule has 0 unspecified atom stereocenters. The summed E-state index contributed by atoms with van der Waals surface area (Å²) in [7, 11) is 0. The second-order valence-electron chi connectivity index (χ2n) is 4.83. The molecule has 0 aliphatic heterocycles. The molecule has 9 heteroatoms. The highest BCUT2D eigenvalue weighted by Gasteiger charge is 2.10. The maximum Gasteiger partial charge on any atom is 0.322 e. The van der Waals surface area contributed by atoms with Crippen LogP contribution in [0.25, 0.3) is 17.5 Å². The van der Waals surface area contributed by atoms with Crippen LogP contribution >= 0.6 is 0 Å². The largest absolute Gasteiger partial charge is 0.403 e. The molecule has 9 nitrogen and oxygen atoms in total. The third kappa shape index (κ3) is 4.10. The summed E-state index contributed by atoms with van der Waals surface area (Å²) in [5, 5.41) is 20.6. The van der Waals surface area contributed by atoms with Gasteiger partial charge in [0.25, 0.3) is 17.5 Å². The van der Waals surface area contributed by atoms with Crippen LogP contribution in [0.1, 0.15) is 5.56 Å². The van der Waals surface area contributed by atoms with Crippen molar-refractivity contribution in [1.82, 2.24) is 15.2 Å². The van der Waals surface area contributed by atoms with Crippen molar-refractivity contribution >= 4 is 23.7 Å². The van der Waals surface area contributed by atoms with Gasteiger partial charge in [-0.25, -0.2) is 0 Å². The zero-order valence-electron chi connectivity index (χ0n) is 12.7. The number of carbonyl (C=O) groups excluding carboxylic acids is 1. The number of nitro benzene ring substituents is 1. The molecule has 0 atom stereocenters. The van der Waals surface area contributed by atoms with Crippen LogP contribution in [0.3, 0.4) is 0 Å². The summed E-state index contributed by atoms with van der Waals surface area (Å²) in [5.41, 5.74) is 1.26. The number of pyridine rings is 1. The molecule has 1 aromatic carbocycles. The first-order valence-electron chi connectivity index (χ1n) is 7.09. The van der Waals surface area contributed by atoms with E-state index in [0.29, 0.717) is 11.1 Å². The zero-order valence-corrected chi connectivity index (χ0v) is 12.7. The fourth-order valence-electron chi connectivity index (χ4n) is 1.91. The Labute approximate surface area is 141 Å². The highest BCUT2D eigenvalue weighted by Crippen LogP contribution is 2.18. The lowest BCUT2D eigenvalue weighted by molar-refractivity contribution is -0.384. The number of non-ortho nitro benzene ring substituents is 1. The molecule has 0 aliphatic rings. The van der Waals surface area contributed by atoms with Crippen LogP contribution in [0.15, 0.2) is 59.3 Å². The smallest absolute Gasteiger partial charge is 0.322 e. The lowest BCUT2D eigenvalue weighted by Gasteiger charge is -1.96. The molecule has 124 valence electrons. The highest BCUT2D eigenvalue weighted by atomic mass is 16.6. The number of hydrogen-bond acceptors (Lipinski definition) is 7. The van der Waals surface area contributed by atoms with Crippen molar-refractivity contribution in [2.24, 2.45) is 0 Å². The third-order valence-corrected chi connectivity index (χ3v) is 3.09. The average Bonchev–Trinajstić information content (AvgIpc) is 3.09. The minimum atomic E-state index is -0.490. The van der Waals surface area contributed by atoms with E-state index >= 15 is 0 Å². The first kappa shape index (κ1) is 16.0. The van der Waals surface area contributed by atoms with Crippen LogP contribution in [0.5, 0.6) is 0 Å². The number of aromatic nitrogens is 3. The normalized spacial score (nSPS) is 10.7. The third-order valence-electron chi connectivity index (χ3n) is 3.09. The van der Waals surface area contributed by atoms with Gasteiger partial charge in [-0.05, 0) is 35.9 Å². The zero-order chi connectivity index (χ0) is 17.6. The summed E-state index contributed by atoms with van der Waals surface area (Å²) in [6.45, 7) is 0. The summed E-state index contributed by atoms with van der Waals surface area (Å²) in [4.78, 5) is 25.9. The van der Waals surface area contributed by atoms with E-state index in [1.165, 1.54) is 36.4 Å². The second-order valence-corrected chi connectivity index (χ2v) is 4.83. The lowest BCUT2D eigenvalue weighted by atomic mass is 10.2. The van der Waals surface area contributed by atoms with Crippen LogP contribution in [0.4, 0.5) is 11.7 Å². The standard InChI is InChI=1S/C16H11N5O4/c22-14(8-5-11-3-6-13(7-4-11)21(23)24)18-16-20-19-15(25-16)12-2-1-9-17-10-12/h1-10H,(H,18,20,22). The molecule has 0 spiro atoms. The van der Waals surface area contributed by atoms with E-state index in [4.69, 9.17) is 4.42 Å². The van der Waals surface area contributed by atoms with Gasteiger partial charge >= 0.3 is 6.01 Å². The van der Waals surface area contributed by atoms with Gasteiger partial charge in [-0.2, -0.15) is 0 Å². The van der Waals surface area contributed by atoms with Crippen LogP contribution in [0, 0.1) is 10.1 Å². The molecule has 1 N–H and O–H groups in total. The predicted molar refractivity (Wildman–Crippen MR) is 88.3 cm³/mol. The Balaban J connectivity index is 1.63. The number of nitro groups is 1. The van der Waals surface area contributed by atoms with E-state index in [1.54, 1.807) is 24.5 Å². The van der Waals surface area contributed by atoms with E-state index in [9.17, 15) is 14.9 Å². The van der Waals surface area contributed by atoms with Crippen molar-refractivity contribution in [3.8, 4) is 11.5 Å². The Morgan fingerprint density at radius 3 is 2.68 bits per heavy atom. The number of carbonyl (C=O) groups is 1. The van der Waals surface area contributed by atoms with Gasteiger partial charge in [0.1, 0.15) is 0 Å². The van der Waals surface area contributed by atoms with E-state index in [0.717, 1.165) is 0 Å². The van der Waals surface area contributed by atoms with Gasteiger partial charge in [-0.1, -0.05) is 5.10 Å². The molecule has 1 amide bonds. The molecular formula is C16H11N5O4. The first-order chi connectivity index (χ1) is 12.1. The van der Waals surface area contributed by atoms with Gasteiger partial charge in [0, 0.05) is 30.6 Å². The van der Waals surface area contributed by atoms with Crippen molar-refractivity contribution in [2.45, 2.75) is 0 Å². The minimum Gasteiger partial charge on any atom is -0.403 e. The molecule has 0 saturated heterocycles. The Bertz CT molecular complexity index is 919. The highest BCUT2D eigenvalue weighted by molar-refractivity contribution is 6.00. The molecule has 0 bridgehead atoms. The fourth-order valence-corrected chi connectivity index (χ4v) is 1.91. The average molecular weight is 337 g/mol. The second kappa shape index (κ2) is 7.13. The summed E-state index contributed by atoms with van der Waals surface area (Å²) in [6.07, 6.45) is 5.95. The summed E-state index contributed by atoms with van der Waals surface area (Å²) in [5.74, 6) is -0.234. The fraction of sp³-hybridized carbons (Fsp3) is 0. The Kier molecular flexibility index (Phi) is 4.56. The van der Waals surface area contributed by atoms with Gasteiger partial charge < -0.3 is 4.42 Å². The topological polar surface area (TPSA) is 124 Å². The summed E-state index contributed by atoms with van der Waals surface area (Å²) < 4.78 is 5.33. The van der Waals surface area contributed by atoms with E-state index in [2.05, 4.69) is 20.5 Å². The van der Waals surface area contributed by atoms with E-state index < -0.39 is 10.8 Å². The van der Waals surface area contributed by atoms with Gasteiger partial charge in [-0.15, -0.1) is 5.10 Å². The van der Waals surface area contributed by atoms with Crippen LogP contribution in [0.2, 0.25) is 0 Å². The van der Waals surface area contributed by atoms with Crippen molar-refractivity contribution in [1.29, 1.82) is 0 Å². The molecule has 0 radical (unpaired) electrons. The summed E-state index contributed by atoms with van der Waals surface area (Å²) in [6, 6.07) is 9.22. The van der Waals surface area contributed by atoms with Crippen LogP contribution in [-0.2, 0) is 4.79 Å². The number of amides is 1. The number of benzene rings is 1. The van der Waals surface area contributed by atoms with Crippen LogP contribution < -0.4 is 5.32 Å². The molecule has 2 heterocycles. The monoisotopic (exact) mass is 337 g/mol. The van der Waals surface area contributed by atoms with Crippen molar-refractivity contribution in [3.05, 3.63) is 70.5 Å². The molecule has 0 aliphatic carbocycles. The molecule has 3 aromatic rings. The van der Waals surface area contributed by atoms with Crippen molar-refractivity contribution in [2.75, 3.05) is 5.32 Å². The number of hydrogen-bond donors (Lipinski definition) is 1. The van der Waals surface area contributed by atoms with Crippen molar-refractivity contribution in [3.63, 3.8) is 0 Å². The number of anilines is 1. The lowest BCUT2D eigenvalue weighted by Crippen LogP contribution is -2.07. The molecule has 0 fully saturated rings. The van der Waals surface area contributed by atoms with Crippen LogP contribution in [-0.4, -0.2) is 26.0 Å². The minimum absolute atomic E-state index is 0.0182. The van der Waals surface area contributed by atoms with Gasteiger partial charge in [-0.3, -0.25) is 25.2 Å². The van der Waals surface area contributed by atoms with Gasteiger partial charge in [0.15, 0.2) is 0 Å². The number of rotatable bonds is 5. The molecule has 3 rings (SSSR count). The maximum atomic E-state index is 11.9. The SMILES string of the molecule is O=C(C=Cc1ccc([N+](=O)[O-])cc1)Nc1nnc(-c2cccnc2)o1. The van der Waals surface area contributed by atoms with Gasteiger partial charge in [0.05, 0.1) is 10.5 Å². The Morgan fingerprint density at radius 1 is 1.20 bits per heavy atom. The predicted octanol–water partition coefficient (Wildman–Crippen LogP) is 2.69.